The van der Waals surface area contributed by atoms with E-state index in [1.54, 1.807) is 0 Å². The maximum atomic E-state index is 8.78. The summed E-state index contributed by atoms with van der Waals surface area (Å²) in [6, 6.07) is 16.0. The van der Waals surface area contributed by atoms with Gasteiger partial charge in [-0.15, -0.1) is 0 Å². The molecule has 0 radical (unpaired) electrons. The van der Waals surface area contributed by atoms with E-state index >= 15 is 0 Å². The second-order valence-electron chi connectivity index (χ2n) is 5.29. The average molecular weight is 265 g/mol. The zero-order chi connectivity index (χ0) is 14.5. The molecule has 102 valence electrons. The standard InChI is InChI=1S/C18H19NO/c1-13(2)17-9-4-14(3)10-18(17)20-12-16-7-5-15(11-19)6-8-16/h4-10,13H,12H2,1-3H3. The minimum atomic E-state index is 0.437. The van der Waals surface area contributed by atoms with Gasteiger partial charge in [0.2, 0.25) is 0 Å². The molecule has 2 aromatic rings. The van der Waals surface area contributed by atoms with Crippen LogP contribution in [0.1, 0.15) is 42.0 Å². The molecule has 0 saturated heterocycles. The van der Waals surface area contributed by atoms with Crippen LogP contribution in [0.25, 0.3) is 0 Å². The predicted octanol–water partition coefficient (Wildman–Crippen LogP) is 4.57. The molecule has 2 rings (SSSR count). The summed E-state index contributed by atoms with van der Waals surface area (Å²) < 4.78 is 5.96. The van der Waals surface area contributed by atoms with Crippen molar-refractivity contribution in [3.63, 3.8) is 0 Å². The maximum Gasteiger partial charge on any atom is 0.123 e. The lowest BCUT2D eigenvalue weighted by Crippen LogP contribution is -2.00. The van der Waals surface area contributed by atoms with Crippen molar-refractivity contribution >= 4 is 0 Å². The van der Waals surface area contributed by atoms with E-state index in [2.05, 4.69) is 45.0 Å². The molecule has 0 unspecified atom stereocenters. The van der Waals surface area contributed by atoms with E-state index in [-0.39, 0.29) is 0 Å². The summed E-state index contributed by atoms with van der Waals surface area (Å²) in [4.78, 5) is 0. The zero-order valence-electron chi connectivity index (χ0n) is 12.2. The number of aryl methyl sites for hydroxylation is 1. The monoisotopic (exact) mass is 265 g/mol. The van der Waals surface area contributed by atoms with E-state index in [0.717, 1.165) is 11.3 Å². The first-order chi connectivity index (χ1) is 9.60. The normalized spacial score (nSPS) is 10.3. The van der Waals surface area contributed by atoms with Crippen LogP contribution in [0, 0.1) is 18.3 Å². The Kier molecular flexibility index (Phi) is 4.42. The van der Waals surface area contributed by atoms with Crippen molar-refractivity contribution in [2.75, 3.05) is 0 Å². The number of rotatable bonds is 4. The lowest BCUT2D eigenvalue weighted by molar-refractivity contribution is 0.301. The van der Waals surface area contributed by atoms with E-state index in [9.17, 15) is 0 Å². The smallest absolute Gasteiger partial charge is 0.123 e. The van der Waals surface area contributed by atoms with Crippen molar-refractivity contribution in [1.29, 1.82) is 5.26 Å². The van der Waals surface area contributed by atoms with Gasteiger partial charge < -0.3 is 4.74 Å². The van der Waals surface area contributed by atoms with Gasteiger partial charge >= 0.3 is 0 Å². The molecule has 2 heteroatoms. The van der Waals surface area contributed by atoms with Crippen LogP contribution < -0.4 is 4.74 Å². The number of hydrogen-bond acceptors (Lipinski definition) is 2. The van der Waals surface area contributed by atoms with Gasteiger partial charge in [0.05, 0.1) is 11.6 Å². The van der Waals surface area contributed by atoms with Gasteiger partial charge in [-0.3, -0.25) is 0 Å². The third kappa shape index (κ3) is 3.39. The van der Waals surface area contributed by atoms with E-state index in [0.29, 0.717) is 18.1 Å². The fourth-order valence-corrected chi connectivity index (χ4v) is 2.08. The Morgan fingerprint density at radius 2 is 1.80 bits per heavy atom. The van der Waals surface area contributed by atoms with Gasteiger partial charge in [-0.25, -0.2) is 0 Å². The number of ether oxygens (including phenoxy) is 1. The van der Waals surface area contributed by atoms with Crippen LogP contribution in [-0.2, 0) is 6.61 Å². The molecule has 0 aliphatic rings. The molecule has 0 spiro atoms. The SMILES string of the molecule is Cc1ccc(C(C)C)c(OCc2ccc(C#N)cc2)c1. The Balaban J connectivity index is 2.13. The topological polar surface area (TPSA) is 33.0 Å². The van der Waals surface area contributed by atoms with E-state index < -0.39 is 0 Å². The Morgan fingerprint density at radius 3 is 2.40 bits per heavy atom. The molecule has 0 bridgehead atoms. The molecule has 20 heavy (non-hydrogen) atoms. The second kappa shape index (κ2) is 6.25. The van der Waals surface area contributed by atoms with Gasteiger partial charge in [0, 0.05) is 0 Å². The van der Waals surface area contributed by atoms with Gasteiger partial charge in [0.1, 0.15) is 12.4 Å². The van der Waals surface area contributed by atoms with Gasteiger partial charge in [-0.1, -0.05) is 38.1 Å². The molecular formula is C18H19NO. The summed E-state index contributed by atoms with van der Waals surface area (Å²) in [5, 5.41) is 8.78. The minimum Gasteiger partial charge on any atom is -0.489 e. The highest BCUT2D eigenvalue weighted by molar-refractivity contribution is 5.39. The molecule has 0 atom stereocenters. The summed E-state index contributed by atoms with van der Waals surface area (Å²) in [5.74, 6) is 1.39. The summed E-state index contributed by atoms with van der Waals surface area (Å²) in [7, 11) is 0. The summed E-state index contributed by atoms with van der Waals surface area (Å²) >= 11 is 0. The van der Waals surface area contributed by atoms with Crippen molar-refractivity contribution in [3.05, 3.63) is 64.7 Å². The van der Waals surface area contributed by atoms with Gasteiger partial charge in [0.25, 0.3) is 0 Å². The third-order valence-corrected chi connectivity index (χ3v) is 3.27. The predicted molar refractivity (Wildman–Crippen MR) is 80.8 cm³/mol. The summed E-state index contributed by atoms with van der Waals surface area (Å²) in [6.07, 6.45) is 0. The molecule has 0 fully saturated rings. The second-order valence-corrected chi connectivity index (χ2v) is 5.29. The molecule has 0 N–H and O–H groups in total. The van der Waals surface area contributed by atoms with Gasteiger partial charge in [-0.05, 0) is 47.7 Å². The highest BCUT2D eigenvalue weighted by Gasteiger charge is 2.08. The van der Waals surface area contributed by atoms with Crippen molar-refractivity contribution in [1.82, 2.24) is 0 Å². The zero-order valence-corrected chi connectivity index (χ0v) is 12.2. The highest BCUT2D eigenvalue weighted by atomic mass is 16.5. The number of nitrogens with zero attached hydrogens (tertiary/aromatic N) is 1. The van der Waals surface area contributed by atoms with Crippen molar-refractivity contribution < 1.29 is 4.74 Å². The minimum absolute atomic E-state index is 0.437. The van der Waals surface area contributed by atoms with E-state index in [1.807, 2.05) is 24.3 Å². The van der Waals surface area contributed by atoms with Crippen LogP contribution >= 0.6 is 0 Å². The van der Waals surface area contributed by atoms with Crippen LogP contribution in [0.4, 0.5) is 0 Å². The maximum absolute atomic E-state index is 8.78. The quantitative estimate of drug-likeness (QED) is 0.811. The molecule has 0 aliphatic heterocycles. The molecular weight excluding hydrogens is 246 g/mol. The van der Waals surface area contributed by atoms with Gasteiger partial charge in [0.15, 0.2) is 0 Å². The van der Waals surface area contributed by atoms with E-state index in [4.69, 9.17) is 10.00 Å². The lowest BCUT2D eigenvalue weighted by atomic mass is 10.0. The third-order valence-electron chi connectivity index (χ3n) is 3.27. The Labute approximate surface area is 120 Å². The van der Waals surface area contributed by atoms with Crippen LogP contribution in [0.3, 0.4) is 0 Å². The van der Waals surface area contributed by atoms with Crippen molar-refractivity contribution in [2.24, 2.45) is 0 Å². The van der Waals surface area contributed by atoms with Crippen molar-refractivity contribution in [2.45, 2.75) is 33.3 Å². The number of hydrogen-bond donors (Lipinski definition) is 0. The Bertz CT molecular complexity index is 621. The summed E-state index contributed by atoms with van der Waals surface area (Å²) in [5.41, 5.74) is 4.17. The lowest BCUT2D eigenvalue weighted by Gasteiger charge is -2.15. The molecule has 2 aromatic carbocycles. The van der Waals surface area contributed by atoms with Crippen LogP contribution in [0.5, 0.6) is 5.75 Å². The largest absolute Gasteiger partial charge is 0.489 e. The fraction of sp³-hybridized carbons (Fsp3) is 0.278. The molecule has 0 saturated carbocycles. The Hall–Kier alpha value is -2.27. The van der Waals surface area contributed by atoms with Gasteiger partial charge in [-0.2, -0.15) is 5.26 Å². The number of nitriles is 1. The molecule has 0 amide bonds. The molecule has 0 heterocycles. The average Bonchev–Trinajstić information content (AvgIpc) is 2.45. The molecule has 0 aromatic heterocycles. The molecule has 2 nitrogen and oxygen atoms in total. The van der Waals surface area contributed by atoms with Crippen LogP contribution in [0.15, 0.2) is 42.5 Å². The first-order valence-electron chi connectivity index (χ1n) is 6.82. The van der Waals surface area contributed by atoms with Crippen LogP contribution in [-0.4, -0.2) is 0 Å². The van der Waals surface area contributed by atoms with Crippen molar-refractivity contribution in [3.8, 4) is 11.8 Å². The summed E-state index contributed by atoms with van der Waals surface area (Å²) in [6.45, 7) is 6.92. The first kappa shape index (κ1) is 14.1. The number of benzene rings is 2. The molecule has 0 aliphatic carbocycles. The van der Waals surface area contributed by atoms with Crippen LogP contribution in [0.2, 0.25) is 0 Å². The Morgan fingerprint density at radius 1 is 1.10 bits per heavy atom. The fourth-order valence-electron chi connectivity index (χ4n) is 2.08. The van der Waals surface area contributed by atoms with E-state index in [1.165, 1.54) is 11.1 Å². The highest BCUT2D eigenvalue weighted by Crippen LogP contribution is 2.28. The first-order valence-corrected chi connectivity index (χ1v) is 6.82.